The Kier molecular flexibility index (Phi) is 5.31. The molecular formula is C27H30N4O2. The number of amides is 1. The monoisotopic (exact) mass is 442 g/mol. The van der Waals surface area contributed by atoms with Gasteiger partial charge < -0.3 is 9.80 Å². The van der Waals surface area contributed by atoms with Crippen molar-refractivity contribution in [2.75, 3.05) is 31.1 Å². The van der Waals surface area contributed by atoms with Crippen LogP contribution in [0.3, 0.4) is 0 Å². The standard InChI is InChI=1S/C27H30N4O2/c1-19-25-23(17-27(2,3)18-24(25)32)31(28-19)22-11-9-20(10-12-22)26(33)30-15-13-29(14-16-30)21-7-5-4-6-8-21/h4-12H,13-18H2,1-3H3. The zero-order valence-electron chi connectivity index (χ0n) is 19.5. The van der Waals surface area contributed by atoms with Crippen LogP contribution in [-0.4, -0.2) is 52.5 Å². The van der Waals surface area contributed by atoms with E-state index in [1.54, 1.807) is 0 Å². The average Bonchev–Trinajstić information content (AvgIpc) is 3.14. The fraction of sp³-hybridized carbons (Fsp3) is 0.370. The summed E-state index contributed by atoms with van der Waals surface area (Å²) in [4.78, 5) is 30.0. The van der Waals surface area contributed by atoms with Crippen LogP contribution in [0.5, 0.6) is 0 Å². The number of ketones is 1. The van der Waals surface area contributed by atoms with E-state index in [1.165, 1.54) is 5.69 Å². The molecule has 0 N–H and O–H groups in total. The van der Waals surface area contributed by atoms with Gasteiger partial charge in [-0.05, 0) is 55.2 Å². The Balaban J connectivity index is 1.32. The van der Waals surface area contributed by atoms with Crippen molar-refractivity contribution >= 4 is 17.4 Å². The Morgan fingerprint density at radius 3 is 2.21 bits per heavy atom. The molecule has 33 heavy (non-hydrogen) atoms. The first-order valence-corrected chi connectivity index (χ1v) is 11.6. The predicted molar refractivity (Wildman–Crippen MR) is 129 cm³/mol. The van der Waals surface area contributed by atoms with Gasteiger partial charge in [0.15, 0.2) is 5.78 Å². The van der Waals surface area contributed by atoms with E-state index in [0.29, 0.717) is 25.1 Å². The predicted octanol–water partition coefficient (Wildman–Crippen LogP) is 4.30. The van der Waals surface area contributed by atoms with Gasteiger partial charge in [-0.15, -0.1) is 0 Å². The number of aryl methyl sites for hydroxylation is 1. The maximum atomic E-state index is 13.1. The Hall–Kier alpha value is -3.41. The molecule has 3 aromatic rings. The topological polar surface area (TPSA) is 58.4 Å². The maximum Gasteiger partial charge on any atom is 0.253 e. The molecule has 0 spiro atoms. The lowest BCUT2D eigenvalue weighted by Crippen LogP contribution is -2.48. The Morgan fingerprint density at radius 1 is 0.879 bits per heavy atom. The number of nitrogens with zero attached hydrogens (tertiary/aromatic N) is 4. The lowest BCUT2D eigenvalue weighted by molar-refractivity contribution is 0.0746. The number of hydrogen-bond donors (Lipinski definition) is 0. The second-order valence-corrected chi connectivity index (χ2v) is 9.92. The second-order valence-electron chi connectivity index (χ2n) is 9.92. The Morgan fingerprint density at radius 2 is 1.55 bits per heavy atom. The molecule has 0 bridgehead atoms. The van der Waals surface area contributed by atoms with Gasteiger partial charge in [0.25, 0.3) is 5.91 Å². The number of Topliss-reactive ketones (excluding diaryl/α,β-unsaturated/α-hetero) is 1. The first kappa shape index (κ1) is 21.4. The summed E-state index contributed by atoms with van der Waals surface area (Å²) in [6.45, 7) is 9.22. The molecule has 1 aliphatic heterocycles. The fourth-order valence-corrected chi connectivity index (χ4v) is 5.09. The van der Waals surface area contributed by atoms with Gasteiger partial charge in [-0.3, -0.25) is 9.59 Å². The molecule has 6 nitrogen and oxygen atoms in total. The van der Waals surface area contributed by atoms with Crippen molar-refractivity contribution in [3.63, 3.8) is 0 Å². The molecule has 1 aromatic heterocycles. The fourth-order valence-electron chi connectivity index (χ4n) is 5.09. The van der Waals surface area contributed by atoms with Crippen molar-refractivity contribution in [1.29, 1.82) is 0 Å². The maximum absolute atomic E-state index is 13.1. The minimum Gasteiger partial charge on any atom is -0.368 e. The molecule has 0 radical (unpaired) electrons. The smallest absolute Gasteiger partial charge is 0.253 e. The molecule has 170 valence electrons. The second kappa shape index (κ2) is 8.18. The SMILES string of the molecule is Cc1nn(-c2ccc(C(=O)N3CCN(c4ccccc4)CC3)cc2)c2c1C(=O)CC(C)(C)C2. The summed E-state index contributed by atoms with van der Waals surface area (Å²) >= 11 is 0. The van der Waals surface area contributed by atoms with Crippen LogP contribution in [-0.2, 0) is 6.42 Å². The molecule has 1 aliphatic carbocycles. The van der Waals surface area contributed by atoms with Crippen molar-refractivity contribution < 1.29 is 9.59 Å². The van der Waals surface area contributed by atoms with Gasteiger partial charge in [0.2, 0.25) is 0 Å². The van der Waals surface area contributed by atoms with Gasteiger partial charge in [-0.1, -0.05) is 32.0 Å². The summed E-state index contributed by atoms with van der Waals surface area (Å²) in [7, 11) is 0. The van der Waals surface area contributed by atoms with E-state index in [1.807, 2.05) is 59.0 Å². The van der Waals surface area contributed by atoms with Crippen LogP contribution in [0.2, 0.25) is 0 Å². The highest BCUT2D eigenvalue weighted by Gasteiger charge is 2.35. The number of piperazine rings is 1. The number of carbonyl (C=O) groups is 2. The number of benzene rings is 2. The van der Waals surface area contributed by atoms with E-state index < -0.39 is 0 Å². The molecule has 1 saturated heterocycles. The number of hydrogen-bond acceptors (Lipinski definition) is 4. The van der Waals surface area contributed by atoms with Crippen LogP contribution in [0, 0.1) is 12.3 Å². The molecule has 5 rings (SSSR count). The van der Waals surface area contributed by atoms with E-state index >= 15 is 0 Å². The van der Waals surface area contributed by atoms with Crippen molar-refractivity contribution in [1.82, 2.24) is 14.7 Å². The van der Waals surface area contributed by atoms with Crippen LogP contribution < -0.4 is 4.90 Å². The molecule has 2 heterocycles. The molecule has 0 atom stereocenters. The molecule has 1 amide bonds. The highest BCUT2D eigenvalue weighted by Crippen LogP contribution is 2.37. The lowest BCUT2D eigenvalue weighted by atomic mass is 9.75. The van der Waals surface area contributed by atoms with E-state index in [2.05, 4.69) is 36.0 Å². The Bertz CT molecular complexity index is 1190. The van der Waals surface area contributed by atoms with E-state index in [4.69, 9.17) is 0 Å². The van der Waals surface area contributed by atoms with E-state index in [0.717, 1.165) is 42.1 Å². The molecular weight excluding hydrogens is 412 g/mol. The number of rotatable bonds is 3. The molecule has 2 aromatic carbocycles. The molecule has 6 heteroatoms. The van der Waals surface area contributed by atoms with Gasteiger partial charge in [0.05, 0.1) is 22.6 Å². The van der Waals surface area contributed by atoms with Gasteiger partial charge in [-0.2, -0.15) is 5.10 Å². The number of fused-ring (bicyclic) bond motifs is 1. The van der Waals surface area contributed by atoms with Crippen LogP contribution in [0.4, 0.5) is 5.69 Å². The quantitative estimate of drug-likeness (QED) is 0.607. The minimum absolute atomic E-state index is 0.0595. The number of anilines is 1. The van der Waals surface area contributed by atoms with Gasteiger partial charge in [0.1, 0.15) is 0 Å². The third-order valence-electron chi connectivity index (χ3n) is 6.77. The minimum atomic E-state index is -0.0773. The van der Waals surface area contributed by atoms with E-state index in [9.17, 15) is 9.59 Å². The lowest BCUT2D eigenvalue weighted by Gasteiger charge is -2.36. The molecule has 2 aliphatic rings. The van der Waals surface area contributed by atoms with Crippen LogP contribution in [0.25, 0.3) is 5.69 Å². The highest BCUT2D eigenvalue weighted by molar-refractivity contribution is 6.00. The molecule has 1 fully saturated rings. The van der Waals surface area contributed by atoms with Crippen molar-refractivity contribution in [2.45, 2.75) is 33.6 Å². The summed E-state index contributed by atoms with van der Waals surface area (Å²) in [6, 6.07) is 18.0. The third kappa shape index (κ3) is 4.06. The van der Waals surface area contributed by atoms with Gasteiger partial charge in [0, 0.05) is 43.9 Å². The Labute approximate surface area is 194 Å². The normalized spacial score (nSPS) is 17.7. The number of carbonyl (C=O) groups excluding carboxylic acids is 2. The number of para-hydroxylation sites is 1. The number of aromatic nitrogens is 2. The van der Waals surface area contributed by atoms with Crippen LogP contribution >= 0.6 is 0 Å². The van der Waals surface area contributed by atoms with Crippen LogP contribution in [0.15, 0.2) is 54.6 Å². The van der Waals surface area contributed by atoms with Gasteiger partial charge >= 0.3 is 0 Å². The summed E-state index contributed by atoms with van der Waals surface area (Å²) < 4.78 is 1.89. The zero-order chi connectivity index (χ0) is 23.2. The van der Waals surface area contributed by atoms with E-state index in [-0.39, 0.29) is 17.1 Å². The highest BCUT2D eigenvalue weighted by atomic mass is 16.2. The van der Waals surface area contributed by atoms with Crippen molar-refractivity contribution in [3.05, 3.63) is 77.1 Å². The van der Waals surface area contributed by atoms with Crippen LogP contribution in [0.1, 0.15) is 52.4 Å². The largest absolute Gasteiger partial charge is 0.368 e. The van der Waals surface area contributed by atoms with Crippen molar-refractivity contribution in [3.8, 4) is 5.69 Å². The molecule has 0 unspecified atom stereocenters. The third-order valence-corrected chi connectivity index (χ3v) is 6.77. The van der Waals surface area contributed by atoms with Gasteiger partial charge in [-0.25, -0.2) is 4.68 Å². The first-order valence-electron chi connectivity index (χ1n) is 11.6. The summed E-state index contributed by atoms with van der Waals surface area (Å²) in [6.07, 6.45) is 1.36. The zero-order valence-corrected chi connectivity index (χ0v) is 19.5. The van der Waals surface area contributed by atoms with Crippen molar-refractivity contribution in [2.24, 2.45) is 5.41 Å². The molecule has 0 saturated carbocycles. The average molecular weight is 443 g/mol. The first-order chi connectivity index (χ1) is 15.8. The summed E-state index contributed by atoms with van der Waals surface area (Å²) in [5, 5.41) is 4.67. The summed E-state index contributed by atoms with van der Waals surface area (Å²) in [5.74, 6) is 0.232. The summed E-state index contributed by atoms with van der Waals surface area (Å²) in [5.41, 5.74) is 5.22.